The zero-order chi connectivity index (χ0) is 24.3. The molecular weight excluding hydrogens is 444 g/mol. The quantitative estimate of drug-likeness (QED) is 0.318. The molecule has 0 aliphatic carbocycles. The topological polar surface area (TPSA) is 259 Å². The minimum atomic E-state index is -1.20. The summed E-state index contributed by atoms with van der Waals surface area (Å²) in [5, 5.41) is 67.0. The van der Waals surface area contributed by atoms with E-state index >= 15 is 0 Å². The van der Waals surface area contributed by atoms with E-state index in [4.69, 9.17) is 0 Å². The first-order valence-corrected chi connectivity index (χ1v) is 7.75. The summed E-state index contributed by atoms with van der Waals surface area (Å²) in [7, 11) is 0. The fourth-order valence-corrected chi connectivity index (χ4v) is 2.54. The molecule has 0 amide bonds. The van der Waals surface area contributed by atoms with Gasteiger partial charge in [0.25, 0.3) is 34.1 Å². The number of benzene rings is 2. The third-order valence-electron chi connectivity index (χ3n) is 3.87. The van der Waals surface area contributed by atoms with Crippen LogP contribution in [0.5, 0.6) is 0 Å². The molecule has 2 aromatic carbocycles. The van der Waals surface area contributed by atoms with E-state index in [0.29, 0.717) is 36.4 Å². The van der Waals surface area contributed by atoms with Crippen LogP contribution in [0.15, 0.2) is 24.3 Å². The van der Waals surface area contributed by atoms with Crippen LogP contribution < -0.4 is 0 Å². The van der Waals surface area contributed by atoms with Gasteiger partial charge in [0, 0.05) is 0 Å². The standard InChI is InChI=1S/C14H6N6O12/c21-15(22)7-3-11(17(25)26)9(12(4-7)18(27)28)1-2-10-13(19(29)30)5-8(16(23)24)6-14(10)20(31)32/h1-6H. The molecule has 0 atom stereocenters. The summed E-state index contributed by atoms with van der Waals surface area (Å²) >= 11 is 0. The van der Waals surface area contributed by atoms with E-state index in [0.717, 1.165) is 0 Å². The van der Waals surface area contributed by atoms with E-state index in [1.54, 1.807) is 0 Å². The van der Waals surface area contributed by atoms with Crippen LogP contribution >= 0.6 is 0 Å². The van der Waals surface area contributed by atoms with Crippen LogP contribution in [0.1, 0.15) is 11.1 Å². The smallest absolute Gasteiger partial charge is 0.258 e. The Hall–Kier alpha value is -5.42. The van der Waals surface area contributed by atoms with Crippen molar-refractivity contribution >= 4 is 46.3 Å². The molecular formula is C14H6N6O12. The molecule has 0 radical (unpaired) electrons. The van der Waals surface area contributed by atoms with Crippen LogP contribution in [-0.2, 0) is 0 Å². The maximum absolute atomic E-state index is 11.3. The van der Waals surface area contributed by atoms with Crippen LogP contribution in [-0.4, -0.2) is 29.5 Å². The Bertz CT molecular complexity index is 1090. The van der Waals surface area contributed by atoms with E-state index < -0.39 is 74.8 Å². The molecule has 18 nitrogen and oxygen atoms in total. The number of hydrogen-bond donors (Lipinski definition) is 0. The van der Waals surface area contributed by atoms with Crippen molar-refractivity contribution in [3.05, 3.63) is 96.1 Å². The fraction of sp³-hybridized carbons (Fsp3) is 0. The van der Waals surface area contributed by atoms with Gasteiger partial charge in [-0.15, -0.1) is 0 Å². The van der Waals surface area contributed by atoms with Crippen molar-refractivity contribution in [2.75, 3.05) is 0 Å². The first-order chi connectivity index (χ1) is 14.8. The zero-order valence-corrected chi connectivity index (χ0v) is 15.0. The second-order valence-corrected chi connectivity index (χ2v) is 5.67. The summed E-state index contributed by atoms with van der Waals surface area (Å²) in [6.45, 7) is 0. The van der Waals surface area contributed by atoms with E-state index in [-0.39, 0.29) is 0 Å². The lowest BCUT2D eigenvalue weighted by Crippen LogP contribution is -2.01. The third-order valence-corrected chi connectivity index (χ3v) is 3.87. The van der Waals surface area contributed by atoms with Gasteiger partial charge in [0.15, 0.2) is 0 Å². The van der Waals surface area contributed by atoms with Crippen molar-refractivity contribution in [2.24, 2.45) is 0 Å². The van der Waals surface area contributed by atoms with E-state index in [1.807, 2.05) is 0 Å². The van der Waals surface area contributed by atoms with Crippen LogP contribution in [0.2, 0.25) is 0 Å². The third kappa shape index (κ3) is 4.42. The molecule has 0 heterocycles. The monoisotopic (exact) mass is 450 g/mol. The second kappa shape index (κ2) is 8.52. The minimum absolute atomic E-state index is 0.394. The number of hydrogen-bond acceptors (Lipinski definition) is 12. The maximum Gasteiger partial charge on any atom is 0.290 e. The molecule has 0 aromatic heterocycles. The molecule has 0 aliphatic rings. The molecule has 0 fully saturated rings. The number of nitro groups is 6. The van der Waals surface area contributed by atoms with Crippen LogP contribution in [0.3, 0.4) is 0 Å². The van der Waals surface area contributed by atoms with Gasteiger partial charge in [0.1, 0.15) is 11.1 Å². The number of nitrogens with zero attached hydrogens (tertiary/aromatic N) is 6. The molecule has 0 saturated heterocycles. The highest BCUT2D eigenvalue weighted by Gasteiger charge is 2.31. The highest BCUT2D eigenvalue weighted by atomic mass is 16.6. The fourth-order valence-electron chi connectivity index (χ4n) is 2.54. The van der Waals surface area contributed by atoms with Crippen LogP contribution in [0.4, 0.5) is 34.1 Å². The summed E-state index contributed by atoms with van der Waals surface area (Å²) in [5.41, 5.74) is -8.21. The first-order valence-electron chi connectivity index (χ1n) is 7.75. The van der Waals surface area contributed by atoms with Gasteiger partial charge in [-0.25, -0.2) is 0 Å². The molecule has 2 rings (SSSR count). The lowest BCUT2D eigenvalue weighted by molar-refractivity contribution is -0.403. The van der Waals surface area contributed by atoms with Crippen molar-refractivity contribution in [1.82, 2.24) is 0 Å². The Labute approximate surface area is 172 Å². The van der Waals surface area contributed by atoms with E-state index in [9.17, 15) is 60.7 Å². The van der Waals surface area contributed by atoms with Crippen molar-refractivity contribution in [1.29, 1.82) is 0 Å². The molecule has 0 saturated carbocycles. The molecule has 32 heavy (non-hydrogen) atoms. The normalized spacial score (nSPS) is 10.6. The Kier molecular flexibility index (Phi) is 6.09. The van der Waals surface area contributed by atoms with Gasteiger partial charge in [-0.2, -0.15) is 0 Å². The van der Waals surface area contributed by atoms with Gasteiger partial charge in [-0.05, 0) is 12.2 Å². The first kappa shape index (κ1) is 22.9. The number of non-ortho nitro benzene ring substituents is 2. The van der Waals surface area contributed by atoms with Crippen molar-refractivity contribution in [3.8, 4) is 0 Å². The molecule has 0 spiro atoms. The zero-order valence-electron chi connectivity index (χ0n) is 15.0. The summed E-state index contributed by atoms with van der Waals surface area (Å²) in [4.78, 5) is 59.9. The summed E-state index contributed by atoms with van der Waals surface area (Å²) < 4.78 is 0. The molecule has 164 valence electrons. The van der Waals surface area contributed by atoms with E-state index in [1.165, 1.54) is 0 Å². The summed E-state index contributed by atoms with van der Waals surface area (Å²) in [6, 6.07) is 1.58. The SMILES string of the molecule is O=[N+]([O-])c1cc([N+](=O)[O-])c(C=Cc2c([N+](=O)[O-])cc([N+](=O)[O-])cc2[N+](=O)[O-])c([N+](=O)[O-])c1. The van der Waals surface area contributed by atoms with Crippen molar-refractivity contribution in [3.63, 3.8) is 0 Å². The van der Waals surface area contributed by atoms with Gasteiger partial charge in [0.2, 0.25) is 0 Å². The highest BCUT2D eigenvalue weighted by molar-refractivity contribution is 5.86. The van der Waals surface area contributed by atoms with Gasteiger partial charge in [-0.1, -0.05) is 0 Å². The van der Waals surface area contributed by atoms with Gasteiger partial charge in [-0.3, -0.25) is 60.7 Å². The van der Waals surface area contributed by atoms with E-state index in [2.05, 4.69) is 0 Å². The lowest BCUT2D eigenvalue weighted by Gasteiger charge is -2.02. The average molecular weight is 450 g/mol. The Balaban J connectivity index is 2.88. The predicted molar refractivity (Wildman–Crippen MR) is 102 cm³/mol. The predicted octanol–water partition coefficient (Wildman–Crippen LogP) is 3.31. The Morgan fingerprint density at radius 3 is 0.812 bits per heavy atom. The molecule has 2 aromatic rings. The van der Waals surface area contributed by atoms with Gasteiger partial charge >= 0.3 is 0 Å². The van der Waals surface area contributed by atoms with Crippen molar-refractivity contribution < 1.29 is 29.5 Å². The van der Waals surface area contributed by atoms with Gasteiger partial charge < -0.3 is 0 Å². The van der Waals surface area contributed by atoms with Crippen LogP contribution in [0, 0.1) is 60.7 Å². The highest BCUT2D eigenvalue weighted by Crippen LogP contribution is 2.38. The molecule has 0 bridgehead atoms. The summed E-state index contributed by atoms with van der Waals surface area (Å²) in [5.74, 6) is 0. The molecule has 0 N–H and O–H groups in total. The summed E-state index contributed by atoms with van der Waals surface area (Å²) in [6.07, 6.45) is 1.09. The largest absolute Gasteiger partial charge is 0.290 e. The lowest BCUT2D eigenvalue weighted by atomic mass is 10.0. The second-order valence-electron chi connectivity index (χ2n) is 5.67. The molecule has 0 unspecified atom stereocenters. The van der Waals surface area contributed by atoms with Crippen molar-refractivity contribution in [2.45, 2.75) is 0 Å². The molecule has 0 aliphatic heterocycles. The number of nitro benzene ring substituents is 6. The Morgan fingerprint density at radius 1 is 0.438 bits per heavy atom. The molecule has 18 heteroatoms. The van der Waals surface area contributed by atoms with Gasteiger partial charge in [0.05, 0.1) is 53.8 Å². The Morgan fingerprint density at radius 2 is 0.656 bits per heavy atom. The van der Waals surface area contributed by atoms with Crippen LogP contribution in [0.25, 0.3) is 12.2 Å². The maximum atomic E-state index is 11.3. The number of rotatable bonds is 8. The minimum Gasteiger partial charge on any atom is -0.258 e. The average Bonchev–Trinajstić information content (AvgIpc) is 2.70.